The molecule has 0 N–H and O–H groups in total. The van der Waals surface area contributed by atoms with Gasteiger partial charge >= 0.3 is 8.56 Å². The third-order valence-electron chi connectivity index (χ3n) is 3.32. The van der Waals surface area contributed by atoms with Gasteiger partial charge in [0.1, 0.15) is 0 Å². The van der Waals surface area contributed by atoms with Gasteiger partial charge in [-0.1, -0.05) is 19.8 Å². The van der Waals surface area contributed by atoms with Crippen molar-refractivity contribution in [2.24, 2.45) is 0 Å². The van der Waals surface area contributed by atoms with Crippen LogP contribution in [0.25, 0.3) is 0 Å². The lowest BCUT2D eigenvalue weighted by Crippen LogP contribution is -2.52. The third-order valence-corrected chi connectivity index (χ3v) is 14.8. The molecule has 0 radical (unpaired) electrons. The molecule has 0 bridgehead atoms. The summed E-state index contributed by atoms with van der Waals surface area (Å²) >= 11 is 0. The first kappa shape index (κ1) is 21.5. The molecule has 7 heteroatoms. The van der Waals surface area contributed by atoms with E-state index in [-0.39, 0.29) is 0 Å². The van der Waals surface area contributed by atoms with Crippen LogP contribution in [0.4, 0.5) is 4.39 Å². The molecule has 3 nitrogen and oxygen atoms in total. The van der Waals surface area contributed by atoms with E-state index >= 15 is 0 Å². The summed E-state index contributed by atoms with van der Waals surface area (Å²) in [4.78, 5) is 0. The molecule has 0 unspecified atom stereocenters. The minimum absolute atomic E-state index is 0.482. The molecule has 0 aliphatic heterocycles. The minimum atomic E-state index is -2.08. The number of rotatable bonds is 12. The first-order valence-electron chi connectivity index (χ1n) is 8.08. The maximum atomic E-state index is 11.9. The highest BCUT2D eigenvalue weighted by molar-refractivity contribution is 6.87. The molecule has 0 fully saturated rings. The van der Waals surface area contributed by atoms with Crippen molar-refractivity contribution in [1.29, 1.82) is 0 Å². The van der Waals surface area contributed by atoms with E-state index in [9.17, 15) is 4.39 Å². The van der Waals surface area contributed by atoms with Gasteiger partial charge in [-0.05, 0) is 57.8 Å². The van der Waals surface area contributed by atoms with Crippen LogP contribution in [0.15, 0.2) is 0 Å². The van der Waals surface area contributed by atoms with E-state index in [2.05, 4.69) is 46.2 Å². The van der Waals surface area contributed by atoms with Crippen LogP contribution in [0.2, 0.25) is 51.4 Å². The molecule has 0 saturated carbocycles. The van der Waals surface area contributed by atoms with Crippen molar-refractivity contribution >= 4 is 25.2 Å². The fourth-order valence-electron chi connectivity index (χ4n) is 2.71. The molecule has 0 spiro atoms. The molecular formula is C14H35FO3Si3. The van der Waals surface area contributed by atoms with Gasteiger partial charge in [-0.15, -0.1) is 0 Å². The number of hydrogen-bond acceptors (Lipinski definition) is 3. The zero-order valence-electron chi connectivity index (χ0n) is 15.1. The zero-order chi connectivity index (χ0) is 16.6. The molecule has 0 aliphatic carbocycles. The first-order chi connectivity index (χ1) is 9.54. The first-order valence-corrected chi connectivity index (χ1v) is 17.1. The van der Waals surface area contributed by atoms with E-state index in [1.807, 2.05) is 0 Å². The van der Waals surface area contributed by atoms with E-state index < -0.39 is 32.1 Å². The second kappa shape index (κ2) is 9.57. The average Bonchev–Trinajstić information content (AvgIpc) is 2.29. The SMILES string of the molecule is CCCC[Si](C)(C)O[Si](C)(C)O[Si](C)(C)CCCOCF. The van der Waals surface area contributed by atoms with Gasteiger partial charge in [-0.2, -0.15) is 0 Å². The Hall–Kier alpha value is 0.461. The lowest BCUT2D eigenvalue weighted by molar-refractivity contribution is 0.0580. The molecule has 0 aromatic rings. The fourth-order valence-corrected chi connectivity index (χ4v) is 16.9. The standard InChI is InChI=1S/C14H35FO3Si3/c1-8-9-12-19(2,3)17-21(6,7)18-20(4,5)13-10-11-16-14-15/h8-14H2,1-7H3. The summed E-state index contributed by atoms with van der Waals surface area (Å²) in [6.45, 7) is 15.4. The Morgan fingerprint density at radius 2 is 1.29 bits per heavy atom. The van der Waals surface area contributed by atoms with Gasteiger partial charge in [-0.3, -0.25) is 0 Å². The predicted molar refractivity (Wildman–Crippen MR) is 95.7 cm³/mol. The van der Waals surface area contributed by atoms with Gasteiger partial charge < -0.3 is 13.0 Å². The van der Waals surface area contributed by atoms with Crippen LogP contribution >= 0.6 is 0 Å². The Kier molecular flexibility index (Phi) is 9.78. The molecule has 0 atom stereocenters. The largest absolute Gasteiger partial charge is 0.437 e. The Morgan fingerprint density at radius 3 is 1.71 bits per heavy atom. The third kappa shape index (κ3) is 11.7. The van der Waals surface area contributed by atoms with Crippen LogP contribution in [-0.2, 0) is 13.0 Å². The molecule has 128 valence electrons. The fraction of sp³-hybridized carbons (Fsp3) is 1.00. The number of ether oxygens (including phenoxy) is 1. The van der Waals surface area contributed by atoms with Crippen molar-refractivity contribution in [3.8, 4) is 0 Å². The molecule has 0 aliphatic rings. The van der Waals surface area contributed by atoms with Gasteiger partial charge in [0.05, 0.1) is 0 Å². The Morgan fingerprint density at radius 1 is 0.810 bits per heavy atom. The topological polar surface area (TPSA) is 27.7 Å². The Labute approximate surface area is 134 Å². The Bertz CT molecular complexity index is 287. The highest BCUT2D eigenvalue weighted by atomic mass is 28.5. The molecule has 0 rings (SSSR count). The second-order valence-electron chi connectivity index (χ2n) is 7.35. The maximum absolute atomic E-state index is 11.9. The van der Waals surface area contributed by atoms with Crippen LogP contribution in [0, 0.1) is 0 Å². The summed E-state index contributed by atoms with van der Waals surface area (Å²) in [5, 5.41) is 0. The summed E-state index contributed by atoms with van der Waals surface area (Å²) in [6.07, 6.45) is 3.33. The molecule has 0 aromatic heterocycles. The quantitative estimate of drug-likeness (QED) is 0.353. The highest BCUT2D eigenvalue weighted by Gasteiger charge is 2.39. The monoisotopic (exact) mass is 354 g/mol. The summed E-state index contributed by atoms with van der Waals surface area (Å²) in [5.74, 6) is 0. The van der Waals surface area contributed by atoms with Gasteiger partial charge in [-0.25, -0.2) is 4.39 Å². The summed E-state index contributed by atoms with van der Waals surface area (Å²) in [7, 11) is -5.47. The predicted octanol–water partition coefficient (Wildman–Crippen LogP) is 5.27. The summed E-state index contributed by atoms with van der Waals surface area (Å²) < 4.78 is 29.6. The van der Waals surface area contributed by atoms with E-state index in [1.165, 1.54) is 18.9 Å². The van der Waals surface area contributed by atoms with Crippen molar-refractivity contribution in [3.05, 3.63) is 0 Å². The van der Waals surface area contributed by atoms with Crippen LogP contribution in [0.3, 0.4) is 0 Å². The lowest BCUT2D eigenvalue weighted by Gasteiger charge is -2.38. The Balaban J connectivity index is 4.35. The van der Waals surface area contributed by atoms with Crippen molar-refractivity contribution < 1.29 is 17.4 Å². The summed E-state index contributed by atoms with van der Waals surface area (Å²) in [6, 6.07) is 2.19. The van der Waals surface area contributed by atoms with Crippen LogP contribution in [0.1, 0.15) is 26.2 Å². The maximum Gasteiger partial charge on any atom is 0.311 e. The van der Waals surface area contributed by atoms with Gasteiger partial charge in [0, 0.05) is 6.61 Å². The van der Waals surface area contributed by atoms with Crippen molar-refractivity contribution in [2.45, 2.75) is 77.6 Å². The zero-order valence-corrected chi connectivity index (χ0v) is 18.1. The average molecular weight is 355 g/mol. The van der Waals surface area contributed by atoms with Gasteiger partial charge in [0.15, 0.2) is 23.5 Å². The van der Waals surface area contributed by atoms with E-state index in [1.54, 1.807) is 0 Å². The molecule has 0 amide bonds. The van der Waals surface area contributed by atoms with Crippen molar-refractivity contribution in [3.63, 3.8) is 0 Å². The molecule has 0 heterocycles. The highest BCUT2D eigenvalue weighted by Crippen LogP contribution is 2.26. The smallest absolute Gasteiger partial charge is 0.311 e. The van der Waals surface area contributed by atoms with E-state index in [4.69, 9.17) is 13.0 Å². The number of alkyl halides is 1. The summed E-state index contributed by atoms with van der Waals surface area (Å²) in [5.41, 5.74) is 0. The molecular weight excluding hydrogens is 319 g/mol. The second-order valence-corrected chi connectivity index (χ2v) is 19.8. The van der Waals surface area contributed by atoms with Gasteiger partial charge in [0.2, 0.25) is 0 Å². The lowest BCUT2D eigenvalue weighted by atomic mass is 10.4. The van der Waals surface area contributed by atoms with Crippen LogP contribution in [-0.4, -0.2) is 38.7 Å². The van der Waals surface area contributed by atoms with E-state index in [0.29, 0.717) is 6.61 Å². The van der Waals surface area contributed by atoms with Gasteiger partial charge in [0.25, 0.3) is 0 Å². The van der Waals surface area contributed by atoms with E-state index in [0.717, 1.165) is 12.5 Å². The van der Waals surface area contributed by atoms with Crippen molar-refractivity contribution in [2.75, 3.05) is 13.5 Å². The number of halogens is 1. The molecule has 21 heavy (non-hydrogen) atoms. The molecule has 0 saturated heterocycles. The van der Waals surface area contributed by atoms with Crippen LogP contribution < -0.4 is 0 Å². The number of unbranched alkanes of at least 4 members (excludes halogenated alkanes) is 1. The van der Waals surface area contributed by atoms with Crippen molar-refractivity contribution in [1.82, 2.24) is 0 Å². The minimum Gasteiger partial charge on any atom is -0.437 e. The number of hydrogen-bond donors (Lipinski definition) is 0. The molecule has 0 aromatic carbocycles. The van der Waals surface area contributed by atoms with Crippen LogP contribution in [0.5, 0.6) is 0 Å². The normalized spacial score (nSPS) is 13.7.